The van der Waals surface area contributed by atoms with Crippen molar-refractivity contribution in [2.24, 2.45) is 5.92 Å². The molecule has 0 spiro atoms. The van der Waals surface area contributed by atoms with Crippen molar-refractivity contribution in [3.8, 4) is 0 Å². The third kappa shape index (κ3) is 6.58. The van der Waals surface area contributed by atoms with Gasteiger partial charge in [0.05, 0.1) is 0 Å². The molecule has 0 radical (unpaired) electrons. The predicted octanol–water partition coefficient (Wildman–Crippen LogP) is 7.27. The second kappa shape index (κ2) is 11.8. The molecule has 0 aliphatic carbocycles. The molecule has 1 saturated heterocycles. The quantitative estimate of drug-likeness (QED) is 0.360. The van der Waals surface area contributed by atoms with Gasteiger partial charge in [-0.15, -0.1) is 0 Å². The largest absolute Gasteiger partial charge is 0.326 e. The summed E-state index contributed by atoms with van der Waals surface area (Å²) in [5.41, 5.74) is 5.38. The normalized spacial score (nSPS) is 15.0. The number of benzene rings is 3. The second-order valence-corrected chi connectivity index (χ2v) is 10.3. The van der Waals surface area contributed by atoms with E-state index in [1.807, 2.05) is 45.0 Å². The Bertz CT molecular complexity index is 1100. The van der Waals surface area contributed by atoms with Gasteiger partial charge in [-0.25, -0.2) is 8.78 Å². The smallest absolute Gasteiger partial charge is 0.226 e. The molecular weight excluding hydrogens is 454 g/mol. The van der Waals surface area contributed by atoms with Crippen molar-refractivity contribution in [3.05, 3.63) is 101 Å². The van der Waals surface area contributed by atoms with E-state index in [1.54, 1.807) is 0 Å². The van der Waals surface area contributed by atoms with Crippen molar-refractivity contribution in [3.63, 3.8) is 0 Å². The molecule has 0 unspecified atom stereocenters. The Kier molecular flexibility index (Phi) is 8.52. The van der Waals surface area contributed by atoms with Gasteiger partial charge in [-0.05, 0) is 104 Å². The highest BCUT2D eigenvalue weighted by Crippen LogP contribution is 2.33. The van der Waals surface area contributed by atoms with Crippen LogP contribution < -0.4 is 5.32 Å². The van der Waals surface area contributed by atoms with Crippen LogP contribution >= 0.6 is 0 Å². The van der Waals surface area contributed by atoms with E-state index in [-0.39, 0.29) is 29.4 Å². The third-order valence-electron chi connectivity index (χ3n) is 7.38. The fourth-order valence-corrected chi connectivity index (χ4v) is 5.02. The van der Waals surface area contributed by atoms with Gasteiger partial charge in [-0.1, -0.05) is 50.2 Å². The Balaban J connectivity index is 1.38. The Hall–Kier alpha value is -3.05. The first-order valence-electron chi connectivity index (χ1n) is 12.9. The lowest BCUT2D eigenvalue weighted by Gasteiger charge is -2.33. The molecule has 1 fully saturated rings. The highest BCUT2D eigenvalue weighted by molar-refractivity contribution is 5.92. The number of amides is 1. The highest BCUT2D eigenvalue weighted by atomic mass is 19.1. The van der Waals surface area contributed by atoms with Gasteiger partial charge in [0, 0.05) is 17.5 Å². The van der Waals surface area contributed by atoms with Crippen LogP contribution in [0.3, 0.4) is 0 Å². The Morgan fingerprint density at radius 3 is 2.00 bits per heavy atom. The van der Waals surface area contributed by atoms with E-state index >= 15 is 0 Å². The molecule has 3 aromatic carbocycles. The first-order chi connectivity index (χ1) is 17.3. The first-order valence-corrected chi connectivity index (χ1v) is 12.9. The summed E-state index contributed by atoms with van der Waals surface area (Å²) in [6, 6.07) is 19.8. The molecule has 1 aliphatic rings. The molecule has 190 valence electrons. The zero-order chi connectivity index (χ0) is 25.7. The SMILES string of the molecule is Cc1ccc(C2CCN(CCC(c3ccc(F)cc3)c3ccc(F)cc3)CC2)cc1NC(=O)C(C)C. The van der Waals surface area contributed by atoms with E-state index in [4.69, 9.17) is 0 Å². The number of nitrogens with zero attached hydrogens (tertiary/aromatic N) is 1. The number of rotatable bonds is 8. The number of likely N-dealkylation sites (tertiary alicyclic amines) is 1. The minimum absolute atomic E-state index is 0.0435. The summed E-state index contributed by atoms with van der Waals surface area (Å²) >= 11 is 0. The van der Waals surface area contributed by atoms with Crippen molar-refractivity contribution in [1.82, 2.24) is 4.90 Å². The average molecular weight is 491 g/mol. The topological polar surface area (TPSA) is 32.3 Å². The van der Waals surface area contributed by atoms with Gasteiger partial charge >= 0.3 is 0 Å². The number of hydrogen-bond acceptors (Lipinski definition) is 2. The molecule has 36 heavy (non-hydrogen) atoms. The highest BCUT2D eigenvalue weighted by Gasteiger charge is 2.23. The van der Waals surface area contributed by atoms with Gasteiger partial charge < -0.3 is 10.2 Å². The van der Waals surface area contributed by atoms with E-state index in [0.717, 1.165) is 61.3 Å². The van der Waals surface area contributed by atoms with Crippen molar-refractivity contribution in [2.75, 3.05) is 25.0 Å². The number of carbonyl (C=O) groups excluding carboxylic acids is 1. The van der Waals surface area contributed by atoms with E-state index in [9.17, 15) is 13.6 Å². The van der Waals surface area contributed by atoms with Crippen molar-refractivity contribution < 1.29 is 13.6 Å². The van der Waals surface area contributed by atoms with Crippen LogP contribution in [0, 0.1) is 24.5 Å². The van der Waals surface area contributed by atoms with Crippen LogP contribution in [0.1, 0.15) is 67.2 Å². The fraction of sp³-hybridized carbons (Fsp3) is 0.387. The summed E-state index contributed by atoms with van der Waals surface area (Å²) in [4.78, 5) is 14.7. The van der Waals surface area contributed by atoms with Gasteiger partial charge in [0.25, 0.3) is 0 Å². The molecule has 3 nitrogen and oxygen atoms in total. The van der Waals surface area contributed by atoms with Gasteiger partial charge in [0.1, 0.15) is 11.6 Å². The van der Waals surface area contributed by atoms with Gasteiger partial charge in [0.2, 0.25) is 5.91 Å². The van der Waals surface area contributed by atoms with Gasteiger partial charge in [0.15, 0.2) is 0 Å². The number of hydrogen-bond donors (Lipinski definition) is 1. The maximum absolute atomic E-state index is 13.5. The van der Waals surface area contributed by atoms with Crippen LogP contribution in [0.5, 0.6) is 0 Å². The monoisotopic (exact) mass is 490 g/mol. The van der Waals surface area contributed by atoms with E-state index in [1.165, 1.54) is 29.8 Å². The Morgan fingerprint density at radius 2 is 1.47 bits per heavy atom. The zero-order valence-corrected chi connectivity index (χ0v) is 21.4. The fourth-order valence-electron chi connectivity index (χ4n) is 5.02. The summed E-state index contributed by atoms with van der Waals surface area (Å²) in [5, 5.41) is 3.07. The van der Waals surface area contributed by atoms with Crippen LogP contribution in [0.15, 0.2) is 66.7 Å². The maximum atomic E-state index is 13.5. The van der Waals surface area contributed by atoms with Crippen molar-refractivity contribution >= 4 is 11.6 Å². The molecular formula is C31H36F2N2O. The molecule has 0 aromatic heterocycles. The maximum Gasteiger partial charge on any atom is 0.226 e. The summed E-state index contributed by atoms with van der Waals surface area (Å²) in [7, 11) is 0. The van der Waals surface area contributed by atoms with Crippen LogP contribution in [-0.2, 0) is 4.79 Å². The van der Waals surface area contributed by atoms with Crippen molar-refractivity contribution in [1.29, 1.82) is 0 Å². The van der Waals surface area contributed by atoms with Gasteiger partial charge in [-0.2, -0.15) is 0 Å². The number of carbonyl (C=O) groups is 1. The molecule has 1 N–H and O–H groups in total. The van der Waals surface area contributed by atoms with E-state index in [2.05, 4.69) is 28.4 Å². The summed E-state index contributed by atoms with van der Waals surface area (Å²) in [6.45, 7) is 8.77. The molecule has 1 amide bonds. The minimum atomic E-state index is -0.248. The van der Waals surface area contributed by atoms with Crippen LogP contribution in [-0.4, -0.2) is 30.4 Å². The van der Waals surface area contributed by atoms with E-state index < -0.39 is 0 Å². The lowest BCUT2D eigenvalue weighted by Crippen LogP contribution is -2.34. The summed E-state index contributed by atoms with van der Waals surface area (Å²) in [5.74, 6) is 0.0602. The average Bonchev–Trinajstić information content (AvgIpc) is 2.88. The summed E-state index contributed by atoms with van der Waals surface area (Å²) in [6.07, 6.45) is 3.02. The lowest BCUT2D eigenvalue weighted by atomic mass is 9.86. The number of halogens is 2. The molecule has 1 aliphatic heterocycles. The molecule has 5 heteroatoms. The third-order valence-corrected chi connectivity index (χ3v) is 7.38. The van der Waals surface area contributed by atoms with Crippen LogP contribution in [0.2, 0.25) is 0 Å². The molecule has 1 heterocycles. The first kappa shape index (κ1) is 26.0. The Morgan fingerprint density at radius 1 is 0.917 bits per heavy atom. The second-order valence-electron chi connectivity index (χ2n) is 10.3. The lowest BCUT2D eigenvalue weighted by molar-refractivity contribution is -0.118. The number of aryl methyl sites for hydroxylation is 1. The summed E-state index contributed by atoms with van der Waals surface area (Å²) < 4.78 is 27.0. The number of anilines is 1. The van der Waals surface area contributed by atoms with E-state index in [0.29, 0.717) is 5.92 Å². The number of piperidine rings is 1. The standard InChI is InChI=1S/C31H36F2N2O/c1-21(2)31(36)34-30-20-26(5-4-22(30)3)23-14-17-35(18-15-23)19-16-29(24-6-10-27(32)11-7-24)25-8-12-28(33)13-9-25/h4-13,20-21,23,29H,14-19H2,1-3H3,(H,34,36). The van der Waals surface area contributed by atoms with Crippen molar-refractivity contribution in [2.45, 2.75) is 51.9 Å². The Labute approximate surface area is 213 Å². The van der Waals surface area contributed by atoms with Crippen LogP contribution in [0.4, 0.5) is 14.5 Å². The van der Waals surface area contributed by atoms with Crippen LogP contribution in [0.25, 0.3) is 0 Å². The van der Waals surface area contributed by atoms with Gasteiger partial charge in [-0.3, -0.25) is 4.79 Å². The minimum Gasteiger partial charge on any atom is -0.326 e. The number of nitrogens with one attached hydrogen (secondary N) is 1. The molecule has 4 rings (SSSR count). The molecule has 0 bridgehead atoms. The predicted molar refractivity (Wildman–Crippen MR) is 142 cm³/mol. The molecule has 0 atom stereocenters. The molecule has 0 saturated carbocycles. The molecule has 3 aromatic rings. The zero-order valence-electron chi connectivity index (χ0n) is 21.4.